The summed E-state index contributed by atoms with van der Waals surface area (Å²) in [4.78, 5) is 19.1. The summed E-state index contributed by atoms with van der Waals surface area (Å²) in [5, 5.41) is 19.2. The van der Waals surface area contributed by atoms with Crippen LogP contribution in [0.5, 0.6) is 0 Å². The van der Waals surface area contributed by atoms with Crippen molar-refractivity contribution in [2.24, 2.45) is 0 Å². The van der Waals surface area contributed by atoms with Gasteiger partial charge in [0.2, 0.25) is 0 Å². The first-order valence-electron chi connectivity index (χ1n) is 8.05. The fourth-order valence-corrected chi connectivity index (χ4v) is 2.53. The number of rotatable bonds is 7. The van der Waals surface area contributed by atoms with E-state index in [1.165, 1.54) is 18.4 Å². The fourth-order valence-electron chi connectivity index (χ4n) is 2.53. The summed E-state index contributed by atoms with van der Waals surface area (Å²) in [7, 11) is 0. The first-order valence-corrected chi connectivity index (χ1v) is 8.05. The number of hydrogen-bond donors (Lipinski definition) is 3. The summed E-state index contributed by atoms with van der Waals surface area (Å²) in [5.41, 5.74) is 1.39. The average molecular weight is 335 g/mol. The zero-order chi connectivity index (χ0) is 17.8. The highest BCUT2D eigenvalue weighted by Gasteiger charge is 2.25. The minimum atomic E-state index is -1.26. The predicted octanol–water partition coefficient (Wildman–Crippen LogP) is 2.10. The van der Waals surface area contributed by atoms with E-state index in [0.717, 1.165) is 19.6 Å². The second-order valence-corrected chi connectivity index (χ2v) is 5.42. The lowest BCUT2D eigenvalue weighted by atomic mass is 9.99. The minimum Gasteiger partial charge on any atom is -0.478 e. The molecule has 6 heteroatoms. The molecule has 1 saturated heterocycles. The van der Waals surface area contributed by atoms with E-state index in [0.29, 0.717) is 24.3 Å². The number of carbonyl (C=O) groups is 2. The third kappa shape index (κ3) is 8.45. The van der Waals surface area contributed by atoms with Crippen molar-refractivity contribution < 1.29 is 24.5 Å². The molecule has 132 valence electrons. The number of aliphatic carboxylic acids is 2. The summed E-state index contributed by atoms with van der Waals surface area (Å²) >= 11 is 0. The molecule has 0 radical (unpaired) electrons. The molecule has 1 aliphatic heterocycles. The lowest BCUT2D eigenvalue weighted by molar-refractivity contribution is -0.134. The first kappa shape index (κ1) is 19.9. The normalized spacial score (nSPS) is 18.0. The number of carboxylic acid groups (broad SMARTS) is 2. The van der Waals surface area contributed by atoms with Crippen LogP contribution in [0.1, 0.15) is 25.3 Å². The first-order chi connectivity index (χ1) is 11.5. The second kappa shape index (κ2) is 11.4. The van der Waals surface area contributed by atoms with Gasteiger partial charge in [0.1, 0.15) is 0 Å². The van der Waals surface area contributed by atoms with Gasteiger partial charge >= 0.3 is 11.9 Å². The Morgan fingerprint density at radius 3 is 2.33 bits per heavy atom. The van der Waals surface area contributed by atoms with Gasteiger partial charge in [-0.25, -0.2) is 9.59 Å². The molecule has 0 amide bonds. The van der Waals surface area contributed by atoms with E-state index >= 15 is 0 Å². The molecule has 0 aromatic heterocycles. The van der Waals surface area contributed by atoms with E-state index in [-0.39, 0.29) is 0 Å². The van der Waals surface area contributed by atoms with E-state index in [1.54, 1.807) is 0 Å². The molecule has 1 fully saturated rings. The topological polar surface area (TPSA) is 95.9 Å². The molecule has 0 aliphatic carbocycles. The van der Waals surface area contributed by atoms with Crippen LogP contribution >= 0.6 is 0 Å². The summed E-state index contributed by atoms with van der Waals surface area (Å²) in [5.74, 6) is -2.51. The minimum absolute atomic E-state index is 0.403. The second-order valence-electron chi connectivity index (χ2n) is 5.42. The third-order valence-corrected chi connectivity index (χ3v) is 3.55. The average Bonchev–Trinajstić information content (AvgIpc) is 3.08. The maximum Gasteiger partial charge on any atom is 0.328 e. The van der Waals surface area contributed by atoms with Crippen LogP contribution in [0.3, 0.4) is 0 Å². The molecule has 0 saturated carbocycles. The Labute approximate surface area is 142 Å². The van der Waals surface area contributed by atoms with Gasteiger partial charge < -0.3 is 20.3 Å². The fraction of sp³-hybridized carbons (Fsp3) is 0.444. The standard InChI is InChI=1S/C14H21NO.C4H4O4/c1-2-15-13(14-9-6-10-16-14)11-12-7-4-3-5-8-12;5-3(6)1-2-4(7)8/h3-5,7-8,13-15H,2,6,9-11H2,1H3;1-2H,(H,5,6)(H,7,8)/b;2-1+/t13-,14-;/m1./s1. The lowest BCUT2D eigenvalue weighted by Gasteiger charge is -2.23. The number of likely N-dealkylation sites (N-methyl/N-ethyl adjacent to an activating group) is 1. The van der Waals surface area contributed by atoms with Gasteiger partial charge in [-0.1, -0.05) is 37.3 Å². The van der Waals surface area contributed by atoms with Crippen LogP contribution in [0.4, 0.5) is 0 Å². The lowest BCUT2D eigenvalue weighted by Crippen LogP contribution is -2.41. The summed E-state index contributed by atoms with van der Waals surface area (Å²) < 4.78 is 5.78. The SMILES string of the molecule is CCN[C@H](Cc1ccccc1)[C@H]1CCCO1.O=C(O)/C=C/C(=O)O. The van der Waals surface area contributed by atoms with Crippen molar-refractivity contribution in [1.29, 1.82) is 0 Å². The number of carboxylic acids is 2. The summed E-state index contributed by atoms with van der Waals surface area (Å²) in [6.45, 7) is 4.10. The van der Waals surface area contributed by atoms with Gasteiger partial charge in [-0.15, -0.1) is 0 Å². The van der Waals surface area contributed by atoms with Crippen molar-refractivity contribution in [3.05, 3.63) is 48.0 Å². The monoisotopic (exact) mass is 335 g/mol. The molecular formula is C18H25NO5. The van der Waals surface area contributed by atoms with Crippen molar-refractivity contribution in [2.75, 3.05) is 13.2 Å². The Balaban J connectivity index is 0.000000307. The predicted molar refractivity (Wildman–Crippen MR) is 91.0 cm³/mol. The van der Waals surface area contributed by atoms with Gasteiger partial charge in [0.25, 0.3) is 0 Å². The molecule has 6 nitrogen and oxygen atoms in total. The van der Waals surface area contributed by atoms with Crippen LogP contribution in [0.15, 0.2) is 42.5 Å². The maximum atomic E-state index is 9.55. The number of ether oxygens (including phenoxy) is 1. The largest absolute Gasteiger partial charge is 0.478 e. The molecule has 0 spiro atoms. The molecule has 2 rings (SSSR count). The van der Waals surface area contributed by atoms with Crippen molar-refractivity contribution in [3.8, 4) is 0 Å². The van der Waals surface area contributed by atoms with Gasteiger partial charge in [0, 0.05) is 24.8 Å². The van der Waals surface area contributed by atoms with Crippen molar-refractivity contribution in [3.63, 3.8) is 0 Å². The van der Waals surface area contributed by atoms with Crippen LogP contribution in [0.2, 0.25) is 0 Å². The van der Waals surface area contributed by atoms with Crippen LogP contribution in [0.25, 0.3) is 0 Å². The van der Waals surface area contributed by atoms with Crippen molar-refractivity contribution in [2.45, 2.75) is 38.3 Å². The van der Waals surface area contributed by atoms with Crippen LogP contribution in [-0.2, 0) is 20.7 Å². The van der Waals surface area contributed by atoms with Gasteiger partial charge in [0.05, 0.1) is 6.10 Å². The van der Waals surface area contributed by atoms with Gasteiger partial charge in [-0.05, 0) is 31.4 Å². The molecule has 1 aliphatic rings. The molecular weight excluding hydrogens is 310 g/mol. The van der Waals surface area contributed by atoms with Crippen LogP contribution in [0, 0.1) is 0 Å². The Morgan fingerprint density at radius 1 is 1.25 bits per heavy atom. The van der Waals surface area contributed by atoms with Crippen molar-refractivity contribution >= 4 is 11.9 Å². The maximum absolute atomic E-state index is 9.55. The van der Waals surface area contributed by atoms with Crippen LogP contribution in [-0.4, -0.2) is 47.4 Å². The van der Waals surface area contributed by atoms with E-state index in [9.17, 15) is 9.59 Å². The van der Waals surface area contributed by atoms with E-state index in [1.807, 2.05) is 0 Å². The van der Waals surface area contributed by atoms with Gasteiger partial charge in [-0.3, -0.25) is 0 Å². The van der Waals surface area contributed by atoms with Gasteiger partial charge in [0.15, 0.2) is 0 Å². The molecule has 1 heterocycles. The zero-order valence-electron chi connectivity index (χ0n) is 13.9. The number of benzene rings is 1. The van der Waals surface area contributed by atoms with E-state index in [4.69, 9.17) is 14.9 Å². The molecule has 24 heavy (non-hydrogen) atoms. The number of nitrogens with one attached hydrogen (secondary N) is 1. The Hall–Kier alpha value is -2.18. The van der Waals surface area contributed by atoms with Gasteiger partial charge in [-0.2, -0.15) is 0 Å². The van der Waals surface area contributed by atoms with E-state index in [2.05, 4.69) is 42.6 Å². The number of hydrogen-bond acceptors (Lipinski definition) is 4. The highest BCUT2D eigenvalue weighted by atomic mass is 16.5. The highest BCUT2D eigenvalue weighted by molar-refractivity contribution is 5.89. The summed E-state index contributed by atoms with van der Waals surface area (Å²) in [6.07, 6.45) is 5.00. The van der Waals surface area contributed by atoms with Crippen LogP contribution < -0.4 is 5.32 Å². The Kier molecular flexibility index (Phi) is 9.41. The highest BCUT2D eigenvalue weighted by Crippen LogP contribution is 2.18. The zero-order valence-corrected chi connectivity index (χ0v) is 13.9. The Bertz CT molecular complexity index is 507. The van der Waals surface area contributed by atoms with E-state index < -0.39 is 11.9 Å². The molecule has 1 aromatic carbocycles. The third-order valence-electron chi connectivity index (χ3n) is 3.55. The molecule has 0 unspecified atom stereocenters. The Morgan fingerprint density at radius 2 is 1.88 bits per heavy atom. The smallest absolute Gasteiger partial charge is 0.328 e. The molecule has 0 bridgehead atoms. The molecule has 2 atom stereocenters. The molecule has 3 N–H and O–H groups in total. The molecule has 1 aromatic rings. The quantitative estimate of drug-likeness (QED) is 0.661. The summed E-state index contributed by atoms with van der Waals surface area (Å²) in [6, 6.07) is 11.1. The van der Waals surface area contributed by atoms with Crippen molar-refractivity contribution in [1.82, 2.24) is 5.32 Å².